The van der Waals surface area contributed by atoms with Gasteiger partial charge in [-0.1, -0.05) is 212 Å². The molecule has 1 fully saturated rings. The third-order valence-corrected chi connectivity index (χ3v) is 12.7. The molecular formula is C63H102O12S. The first kappa shape index (κ1) is 70.3. The highest BCUT2D eigenvalue weighted by atomic mass is 32.3. The first-order chi connectivity index (χ1) is 37.1. The van der Waals surface area contributed by atoms with Crippen molar-refractivity contribution >= 4 is 16.4 Å². The van der Waals surface area contributed by atoms with E-state index in [1.807, 2.05) is 0 Å². The standard InChI is InChI=1S/C63H102O12S/c1-3-5-7-9-11-13-15-17-19-21-23-25-27-28-29-31-33-35-37-39-41-43-45-47-49-51-53-71-55-57(56-72-63-61(67)62(75-76(68,69)70)60(66)58(54-64)74-63)73-59(65)52-50-48-46-44-42-40-38-36-34-32-30-26-24-22-20-18-16-14-12-10-8-6-4-2/h5-8,11-14,17-20,23-26,28-29,32-35,57-58,60-64,66-67H,3-4,9-10,15-16,21-22,27,30-31,36-56H2,1-2H3,(H,68,69,70)/b7-5-,8-6-,13-11-,14-12-,19-17-,20-18-,25-23-,26-24-,29-28-,34-32-,35-33-. The Hall–Kier alpha value is -3.76. The van der Waals surface area contributed by atoms with Gasteiger partial charge in [0.2, 0.25) is 0 Å². The van der Waals surface area contributed by atoms with Gasteiger partial charge in [0.25, 0.3) is 0 Å². The summed E-state index contributed by atoms with van der Waals surface area (Å²) < 4.78 is 59.4. The number of rotatable bonds is 49. The number of esters is 1. The molecule has 0 bridgehead atoms. The molecule has 0 saturated carbocycles. The van der Waals surface area contributed by atoms with Gasteiger partial charge in [-0.2, -0.15) is 8.42 Å². The fourth-order valence-electron chi connectivity index (χ4n) is 8.00. The van der Waals surface area contributed by atoms with E-state index in [0.29, 0.717) is 13.0 Å². The van der Waals surface area contributed by atoms with E-state index in [1.54, 1.807) is 0 Å². The molecule has 0 amide bonds. The Morgan fingerprint density at radius 2 is 0.868 bits per heavy atom. The fraction of sp³-hybridized carbons (Fsp3) is 0.635. The second-order valence-electron chi connectivity index (χ2n) is 19.1. The molecule has 432 valence electrons. The lowest BCUT2D eigenvalue weighted by molar-refractivity contribution is -0.301. The van der Waals surface area contributed by atoms with Crippen LogP contribution >= 0.6 is 0 Å². The van der Waals surface area contributed by atoms with Crippen LogP contribution in [0.2, 0.25) is 0 Å². The number of hydrogen-bond acceptors (Lipinski definition) is 11. The Labute approximate surface area is 461 Å². The Bertz CT molecular complexity index is 1820. The summed E-state index contributed by atoms with van der Waals surface area (Å²) in [6, 6.07) is 0. The molecule has 76 heavy (non-hydrogen) atoms. The van der Waals surface area contributed by atoms with Gasteiger partial charge >= 0.3 is 16.4 Å². The summed E-state index contributed by atoms with van der Waals surface area (Å²) >= 11 is 0. The van der Waals surface area contributed by atoms with Gasteiger partial charge in [-0.15, -0.1) is 0 Å². The molecule has 1 aliphatic rings. The average Bonchev–Trinajstić information content (AvgIpc) is 3.40. The second-order valence-corrected chi connectivity index (χ2v) is 20.2. The summed E-state index contributed by atoms with van der Waals surface area (Å²) in [5, 5.41) is 30.9. The number of aliphatic hydroxyl groups is 3. The number of allylic oxidation sites excluding steroid dienone is 22. The van der Waals surface area contributed by atoms with Gasteiger partial charge in [0.05, 0.1) is 19.8 Å². The van der Waals surface area contributed by atoms with Crippen molar-refractivity contribution in [3.63, 3.8) is 0 Å². The Kier molecular flexibility index (Phi) is 48.0. The van der Waals surface area contributed by atoms with E-state index < -0.39 is 59.8 Å². The van der Waals surface area contributed by atoms with Crippen molar-refractivity contribution in [1.29, 1.82) is 0 Å². The minimum Gasteiger partial charge on any atom is -0.457 e. The number of hydrogen-bond donors (Lipinski definition) is 4. The molecule has 0 aromatic carbocycles. The van der Waals surface area contributed by atoms with Crippen molar-refractivity contribution in [1.82, 2.24) is 0 Å². The molecule has 0 radical (unpaired) electrons. The third-order valence-electron chi connectivity index (χ3n) is 12.3. The summed E-state index contributed by atoms with van der Waals surface area (Å²) in [5.41, 5.74) is 0. The zero-order valence-corrected chi connectivity index (χ0v) is 47.6. The SMILES string of the molecule is CC/C=C\C/C=C\C/C=C\C/C=C\C/C=C\C/C=C\CCCCCCCCCOCC(COC1OC(CO)C(O)C(OS(=O)(=O)O)C1O)OC(=O)CCCCCCCCC/C=C\C/C=C\C/C=C\C/C=C\C/C=C\CC. The van der Waals surface area contributed by atoms with Gasteiger partial charge in [0, 0.05) is 13.0 Å². The maximum atomic E-state index is 13.0. The van der Waals surface area contributed by atoms with Crippen molar-refractivity contribution in [3.05, 3.63) is 134 Å². The first-order valence-electron chi connectivity index (χ1n) is 28.9. The average molecular weight is 1080 g/mol. The van der Waals surface area contributed by atoms with Crippen LogP contribution in [0.4, 0.5) is 0 Å². The molecule has 1 rings (SSSR count). The van der Waals surface area contributed by atoms with Crippen LogP contribution in [-0.2, 0) is 38.3 Å². The summed E-state index contributed by atoms with van der Waals surface area (Å²) in [4.78, 5) is 13.0. The molecule has 1 saturated heterocycles. The molecule has 12 nitrogen and oxygen atoms in total. The van der Waals surface area contributed by atoms with E-state index in [1.165, 1.54) is 25.7 Å². The van der Waals surface area contributed by atoms with Crippen LogP contribution in [0.25, 0.3) is 0 Å². The van der Waals surface area contributed by atoms with Gasteiger partial charge in [-0.25, -0.2) is 4.18 Å². The molecule has 0 aliphatic carbocycles. The largest absolute Gasteiger partial charge is 0.457 e. The molecule has 1 heterocycles. The van der Waals surface area contributed by atoms with Gasteiger partial charge in [-0.05, 0) is 109 Å². The minimum absolute atomic E-state index is 0.0137. The van der Waals surface area contributed by atoms with E-state index >= 15 is 0 Å². The molecule has 1 aliphatic heterocycles. The minimum atomic E-state index is -5.08. The van der Waals surface area contributed by atoms with E-state index in [9.17, 15) is 33.1 Å². The lowest BCUT2D eigenvalue weighted by Crippen LogP contribution is -2.60. The molecule has 6 atom stereocenters. The maximum Gasteiger partial charge on any atom is 0.397 e. The van der Waals surface area contributed by atoms with Gasteiger partial charge in [0.1, 0.15) is 30.5 Å². The fourth-order valence-corrected chi connectivity index (χ4v) is 8.51. The number of carbonyl (C=O) groups is 1. The van der Waals surface area contributed by atoms with E-state index in [2.05, 4.69) is 152 Å². The monoisotopic (exact) mass is 1080 g/mol. The Balaban J connectivity index is 2.34. The molecule has 0 spiro atoms. The normalized spacial score (nSPS) is 19.6. The molecule has 0 aromatic rings. The lowest BCUT2D eigenvalue weighted by Gasteiger charge is -2.41. The molecule has 6 unspecified atom stereocenters. The zero-order chi connectivity index (χ0) is 55.3. The maximum absolute atomic E-state index is 13.0. The van der Waals surface area contributed by atoms with Crippen molar-refractivity contribution in [2.75, 3.05) is 26.4 Å². The Morgan fingerprint density at radius 3 is 1.26 bits per heavy atom. The summed E-state index contributed by atoms with van der Waals surface area (Å²) in [5.74, 6) is -0.420. The number of aliphatic hydroxyl groups excluding tert-OH is 3. The summed E-state index contributed by atoms with van der Waals surface area (Å²) in [6.45, 7) is 3.71. The van der Waals surface area contributed by atoms with Crippen LogP contribution < -0.4 is 0 Å². The number of ether oxygens (including phenoxy) is 4. The molecule has 13 heteroatoms. The van der Waals surface area contributed by atoms with E-state index in [4.69, 9.17) is 18.9 Å². The predicted octanol–water partition coefficient (Wildman–Crippen LogP) is 14.6. The van der Waals surface area contributed by atoms with Crippen molar-refractivity contribution in [2.45, 2.75) is 230 Å². The van der Waals surface area contributed by atoms with Gasteiger partial charge < -0.3 is 34.3 Å². The quantitative estimate of drug-likeness (QED) is 0.0196. The molecule has 4 N–H and O–H groups in total. The van der Waals surface area contributed by atoms with Gasteiger partial charge in [-0.3, -0.25) is 9.35 Å². The first-order valence-corrected chi connectivity index (χ1v) is 30.3. The second kappa shape index (κ2) is 52.0. The van der Waals surface area contributed by atoms with Crippen LogP contribution in [-0.4, -0.2) is 97.5 Å². The van der Waals surface area contributed by atoms with E-state index in [0.717, 1.165) is 141 Å². The highest BCUT2D eigenvalue weighted by molar-refractivity contribution is 7.80. The smallest absolute Gasteiger partial charge is 0.397 e. The van der Waals surface area contributed by atoms with Crippen LogP contribution in [0, 0.1) is 0 Å². The molecular weight excluding hydrogens is 981 g/mol. The number of carbonyl (C=O) groups excluding carboxylic acids is 1. The van der Waals surface area contributed by atoms with Crippen molar-refractivity contribution < 1.29 is 56.2 Å². The Morgan fingerprint density at radius 1 is 0.500 bits per heavy atom. The van der Waals surface area contributed by atoms with Crippen LogP contribution in [0.15, 0.2) is 134 Å². The highest BCUT2D eigenvalue weighted by Crippen LogP contribution is 2.26. The van der Waals surface area contributed by atoms with Crippen molar-refractivity contribution in [3.8, 4) is 0 Å². The summed E-state index contributed by atoms with van der Waals surface area (Å²) in [6.07, 6.45) is 67.6. The van der Waals surface area contributed by atoms with Crippen molar-refractivity contribution in [2.24, 2.45) is 0 Å². The summed E-state index contributed by atoms with van der Waals surface area (Å²) in [7, 11) is -5.08. The zero-order valence-electron chi connectivity index (χ0n) is 46.8. The van der Waals surface area contributed by atoms with Crippen LogP contribution in [0.3, 0.4) is 0 Å². The topological polar surface area (TPSA) is 178 Å². The number of unbranched alkanes of at least 4 members (excludes halogenated alkanes) is 14. The van der Waals surface area contributed by atoms with Crippen LogP contribution in [0.5, 0.6) is 0 Å². The molecule has 0 aromatic heterocycles. The van der Waals surface area contributed by atoms with Crippen LogP contribution in [0.1, 0.15) is 194 Å². The predicted molar refractivity (Wildman–Crippen MR) is 312 cm³/mol. The van der Waals surface area contributed by atoms with E-state index in [-0.39, 0.29) is 19.6 Å². The van der Waals surface area contributed by atoms with Gasteiger partial charge in [0.15, 0.2) is 6.29 Å². The third kappa shape index (κ3) is 44.2. The highest BCUT2D eigenvalue weighted by Gasteiger charge is 2.48. The lowest BCUT2D eigenvalue weighted by atomic mass is 9.99.